The molecule has 0 unspecified atom stereocenters. The van der Waals surface area contributed by atoms with Gasteiger partial charge in [-0.05, 0) is 52.9 Å². The van der Waals surface area contributed by atoms with Crippen LogP contribution in [0.15, 0.2) is 72.8 Å². The van der Waals surface area contributed by atoms with Crippen LogP contribution in [0.2, 0.25) is 0 Å². The monoisotopic (exact) mass is 439 g/mol. The average molecular weight is 440 g/mol. The predicted octanol–water partition coefficient (Wildman–Crippen LogP) is 9.19. The van der Waals surface area contributed by atoms with Gasteiger partial charge >= 0.3 is 0 Å². The van der Waals surface area contributed by atoms with Gasteiger partial charge in [0, 0.05) is 0 Å². The van der Waals surface area contributed by atoms with Crippen molar-refractivity contribution in [1.29, 1.82) is 5.26 Å². The Hall–Kier alpha value is -3.05. The Balaban J connectivity index is 1.36. The van der Waals surface area contributed by atoms with E-state index in [0.29, 0.717) is 5.56 Å². The number of nitriles is 1. The van der Waals surface area contributed by atoms with Crippen molar-refractivity contribution in [2.24, 2.45) is 0 Å². The summed E-state index contributed by atoms with van der Waals surface area (Å²) in [6, 6.07) is 26.8. The molecule has 172 valence electrons. The van der Waals surface area contributed by atoms with Gasteiger partial charge < -0.3 is 4.74 Å². The fourth-order valence-corrected chi connectivity index (χ4v) is 4.12. The van der Waals surface area contributed by atoms with Gasteiger partial charge in [-0.1, -0.05) is 113 Å². The molecular weight excluding hydrogens is 402 g/mol. The van der Waals surface area contributed by atoms with Crippen LogP contribution < -0.4 is 4.74 Å². The first-order chi connectivity index (χ1) is 16.3. The van der Waals surface area contributed by atoms with Crippen molar-refractivity contribution in [2.75, 3.05) is 6.61 Å². The summed E-state index contributed by atoms with van der Waals surface area (Å²) >= 11 is 0. The van der Waals surface area contributed by atoms with Crippen LogP contribution in [0.4, 0.5) is 0 Å². The Morgan fingerprint density at radius 2 is 0.939 bits per heavy atom. The predicted molar refractivity (Wildman–Crippen MR) is 139 cm³/mol. The van der Waals surface area contributed by atoms with Crippen molar-refractivity contribution >= 4 is 0 Å². The molecule has 0 spiro atoms. The van der Waals surface area contributed by atoms with Crippen molar-refractivity contribution in [3.8, 4) is 34.1 Å². The molecule has 0 aliphatic heterocycles. The molecular formula is C31H37NO. The van der Waals surface area contributed by atoms with E-state index < -0.39 is 0 Å². The summed E-state index contributed by atoms with van der Waals surface area (Å²) in [7, 11) is 0. The summed E-state index contributed by atoms with van der Waals surface area (Å²) < 4.78 is 5.94. The molecule has 0 saturated heterocycles. The molecule has 3 aromatic rings. The first-order valence-electron chi connectivity index (χ1n) is 12.6. The molecule has 0 aromatic heterocycles. The number of nitrogens with zero attached hydrogens (tertiary/aromatic N) is 1. The SMILES string of the molecule is CCCCCCCCCCCCOc1ccc(-c2ccc(-c3ccc(C#N)cc3)cc2)cc1. The Bertz CT molecular complexity index is 965. The van der Waals surface area contributed by atoms with Crippen molar-refractivity contribution in [2.45, 2.75) is 71.1 Å². The van der Waals surface area contributed by atoms with E-state index in [9.17, 15) is 0 Å². The number of hydrogen-bond donors (Lipinski definition) is 0. The van der Waals surface area contributed by atoms with Crippen LogP contribution in [0.3, 0.4) is 0 Å². The zero-order chi connectivity index (χ0) is 23.1. The number of benzene rings is 3. The standard InChI is InChI=1S/C31H37NO/c1-2-3-4-5-6-7-8-9-10-11-24-33-31-22-20-30(21-23-31)29-18-16-28(17-19-29)27-14-12-26(25-32)13-15-27/h12-23H,2-11,24H2,1H3. The first-order valence-corrected chi connectivity index (χ1v) is 12.6. The van der Waals surface area contributed by atoms with Crippen LogP contribution in [0.25, 0.3) is 22.3 Å². The minimum absolute atomic E-state index is 0.686. The fourth-order valence-electron chi connectivity index (χ4n) is 4.12. The van der Waals surface area contributed by atoms with Crippen LogP contribution in [-0.2, 0) is 0 Å². The molecule has 0 amide bonds. The second kappa shape index (κ2) is 14.2. The van der Waals surface area contributed by atoms with Crippen LogP contribution >= 0.6 is 0 Å². The Labute approximate surface area is 200 Å². The normalized spacial score (nSPS) is 10.7. The lowest BCUT2D eigenvalue weighted by atomic mass is 10.00. The van der Waals surface area contributed by atoms with Gasteiger partial charge in [-0.25, -0.2) is 0 Å². The van der Waals surface area contributed by atoms with E-state index >= 15 is 0 Å². The van der Waals surface area contributed by atoms with E-state index in [1.165, 1.54) is 68.9 Å². The van der Waals surface area contributed by atoms with E-state index in [2.05, 4.69) is 61.5 Å². The molecule has 0 N–H and O–H groups in total. The molecule has 0 atom stereocenters. The highest BCUT2D eigenvalue weighted by Crippen LogP contribution is 2.26. The van der Waals surface area contributed by atoms with Crippen molar-refractivity contribution in [1.82, 2.24) is 0 Å². The molecule has 0 radical (unpaired) electrons. The van der Waals surface area contributed by atoms with Gasteiger partial charge in [0.25, 0.3) is 0 Å². The van der Waals surface area contributed by atoms with Gasteiger partial charge in [0.05, 0.1) is 18.2 Å². The molecule has 3 aromatic carbocycles. The van der Waals surface area contributed by atoms with E-state index in [1.807, 2.05) is 24.3 Å². The Morgan fingerprint density at radius 3 is 1.39 bits per heavy atom. The average Bonchev–Trinajstić information content (AvgIpc) is 2.88. The molecule has 33 heavy (non-hydrogen) atoms. The van der Waals surface area contributed by atoms with E-state index in [1.54, 1.807) is 0 Å². The van der Waals surface area contributed by atoms with E-state index in [-0.39, 0.29) is 0 Å². The number of unbranched alkanes of at least 4 members (excludes halogenated alkanes) is 9. The lowest BCUT2D eigenvalue weighted by Gasteiger charge is -2.08. The van der Waals surface area contributed by atoms with Gasteiger partial charge in [-0.3, -0.25) is 0 Å². The second-order valence-corrected chi connectivity index (χ2v) is 8.82. The molecule has 0 aliphatic rings. The number of ether oxygens (including phenoxy) is 1. The summed E-state index contributed by atoms with van der Waals surface area (Å²) in [5.74, 6) is 0.948. The van der Waals surface area contributed by atoms with Gasteiger partial charge in [0.1, 0.15) is 5.75 Å². The molecule has 0 saturated carbocycles. The minimum atomic E-state index is 0.686. The zero-order valence-corrected chi connectivity index (χ0v) is 20.1. The summed E-state index contributed by atoms with van der Waals surface area (Å²) in [6.07, 6.45) is 13.4. The summed E-state index contributed by atoms with van der Waals surface area (Å²) in [6.45, 7) is 3.07. The van der Waals surface area contributed by atoms with E-state index in [0.717, 1.165) is 29.9 Å². The van der Waals surface area contributed by atoms with Gasteiger partial charge in [-0.15, -0.1) is 0 Å². The van der Waals surface area contributed by atoms with Gasteiger partial charge in [0.2, 0.25) is 0 Å². The third-order valence-corrected chi connectivity index (χ3v) is 6.19. The van der Waals surface area contributed by atoms with Crippen molar-refractivity contribution < 1.29 is 4.74 Å². The Kier molecular flexibility index (Phi) is 10.6. The molecule has 2 heteroatoms. The molecule has 0 fully saturated rings. The molecule has 0 aliphatic carbocycles. The third-order valence-electron chi connectivity index (χ3n) is 6.19. The van der Waals surface area contributed by atoms with Crippen molar-refractivity contribution in [3.05, 3.63) is 78.4 Å². The lowest BCUT2D eigenvalue weighted by Crippen LogP contribution is -1.97. The highest BCUT2D eigenvalue weighted by atomic mass is 16.5. The van der Waals surface area contributed by atoms with Crippen molar-refractivity contribution in [3.63, 3.8) is 0 Å². The summed E-state index contributed by atoms with van der Waals surface area (Å²) in [5.41, 5.74) is 5.34. The van der Waals surface area contributed by atoms with Gasteiger partial charge in [-0.2, -0.15) is 5.26 Å². The molecule has 2 nitrogen and oxygen atoms in total. The molecule has 0 heterocycles. The molecule has 3 rings (SSSR count). The largest absolute Gasteiger partial charge is 0.494 e. The summed E-state index contributed by atoms with van der Waals surface area (Å²) in [5, 5.41) is 8.95. The maximum atomic E-state index is 8.95. The Morgan fingerprint density at radius 1 is 0.545 bits per heavy atom. The topological polar surface area (TPSA) is 33.0 Å². The number of hydrogen-bond acceptors (Lipinski definition) is 2. The third kappa shape index (κ3) is 8.43. The smallest absolute Gasteiger partial charge is 0.119 e. The fraction of sp³-hybridized carbons (Fsp3) is 0.387. The second-order valence-electron chi connectivity index (χ2n) is 8.82. The zero-order valence-electron chi connectivity index (χ0n) is 20.1. The van der Waals surface area contributed by atoms with Crippen LogP contribution in [-0.4, -0.2) is 6.61 Å². The maximum Gasteiger partial charge on any atom is 0.119 e. The van der Waals surface area contributed by atoms with Gasteiger partial charge in [0.15, 0.2) is 0 Å². The highest BCUT2D eigenvalue weighted by Gasteiger charge is 2.02. The minimum Gasteiger partial charge on any atom is -0.494 e. The lowest BCUT2D eigenvalue weighted by molar-refractivity contribution is 0.304. The van der Waals surface area contributed by atoms with Crippen LogP contribution in [0.1, 0.15) is 76.7 Å². The van der Waals surface area contributed by atoms with E-state index in [4.69, 9.17) is 10.00 Å². The first kappa shape index (κ1) is 24.6. The summed E-state index contributed by atoms with van der Waals surface area (Å²) in [4.78, 5) is 0. The quantitative estimate of drug-likeness (QED) is 0.234. The number of rotatable bonds is 14. The van der Waals surface area contributed by atoms with Crippen LogP contribution in [0, 0.1) is 11.3 Å². The maximum absolute atomic E-state index is 8.95. The van der Waals surface area contributed by atoms with Crippen LogP contribution in [0.5, 0.6) is 5.75 Å². The highest BCUT2D eigenvalue weighted by molar-refractivity contribution is 5.71. The molecule has 0 bridgehead atoms.